The average Bonchev–Trinajstić information content (AvgIpc) is 2.62. The highest BCUT2D eigenvalue weighted by atomic mass is 16.6. The van der Waals surface area contributed by atoms with Crippen LogP contribution in [-0.2, 0) is 9.47 Å². The Bertz CT molecular complexity index is 625. The molecule has 1 N–H and O–H groups in total. The van der Waals surface area contributed by atoms with Gasteiger partial charge in [-0.2, -0.15) is 0 Å². The van der Waals surface area contributed by atoms with E-state index in [1.54, 1.807) is 42.7 Å². The smallest absolute Gasteiger partial charge is 0.251 e. The number of carbonyl (C=O) groups is 1. The van der Waals surface area contributed by atoms with Crippen molar-refractivity contribution in [3.05, 3.63) is 54.4 Å². The molecule has 0 aliphatic carbocycles. The maximum absolute atomic E-state index is 12.1. The quantitative estimate of drug-likeness (QED) is 0.914. The van der Waals surface area contributed by atoms with Gasteiger partial charge in [-0.05, 0) is 36.4 Å². The number of hydrogen-bond acceptors (Lipinski definition) is 5. The van der Waals surface area contributed by atoms with Crippen LogP contribution in [0.3, 0.4) is 0 Å². The predicted molar refractivity (Wildman–Crippen MR) is 83.6 cm³/mol. The molecule has 0 saturated carbocycles. The molecule has 2 heterocycles. The third-order valence-electron chi connectivity index (χ3n) is 3.36. The highest BCUT2D eigenvalue weighted by Crippen LogP contribution is 2.20. The fraction of sp³-hybridized carbons (Fsp3) is 0.294. The molecule has 23 heavy (non-hydrogen) atoms. The van der Waals surface area contributed by atoms with Crippen molar-refractivity contribution in [2.75, 3.05) is 26.4 Å². The van der Waals surface area contributed by atoms with Crippen LogP contribution in [0.2, 0.25) is 0 Å². The van der Waals surface area contributed by atoms with Crippen molar-refractivity contribution in [3.8, 4) is 11.5 Å². The fourth-order valence-electron chi connectivity index (χ4n) is 2.18. The molecule has 6 heteroatoms. The summed E-state index contributed by atoms with van der Waals surface area (Å²) >= 11 is 0. The van der Waals surface area contributed by atoms with E-state index in [1.165, 1.54) is 0 Å². The number of rotatable bonds is 5. The molecular weight excluding hydrogens is 296 g/mol. The number of hydrogen-bond donors (Lipinski definition) is 1. The van der Waals surface area contributed by atoms with Gasteiger partial charge in [-0.15, -0.1) is 0 Å². The summed E-state index contributed by atoms with van der Waals surface area (Å²) in [6.07, 6.45) is 3.23. The third kappa shape index (κ3) is 4.51. The Hall–Kier alpha value is -2.44. The number of carbonyl (C=O) groups excluding carboxylic acids is 1. The largest absolute Gasteiger partial charge is 0.456 e. The first-order valence-electron chi connectivity index (χ1n) is 7.47. The molecule has 1 fully saturated rings. The number of ether oxygens (including phenoxy) is 3. The number of pyridine rings is 1. The number of nitrogens with one attached hydrogen (secondary N) is 1. The van der Waals surface area contributed by atoms with E-state index in [0.717, 1.165) is 0 Å². The molecule has 1 amide bonds. The van der Waals surface area contributed by atoms with Gasteiger partial charge in [0.1, 0.15) is 11.5 Å². The summed E-state index contributed by atoms with van der Waals surface area (Å²) in [6, 6.07) is 10.6. The highest BCUT2D eigenvalue weighted by Gasteiger charge is 2.15. The summed E-state index contributed by atoms with van der Waals surface area (Å²) in [5.74, 6) is 1.16. The lowest BCUT2D eigenvalue weighted by Crippen LogP contribution is -2.39. The average molecular weight is 314 g/mol. The predicted octanol–water partition coefficient (Wildman–Crippen LogP) is 2.02. The van der Waals surface area contributed by atoms with Crippen LogP contribution in [0.15, 0.2) is 48.8 Å². The lowest BCUT2D eigenvalue weighted by Gasteiger charge is -2.23. The molecule has 3 rings (SSSR count). The van der Waals surface area contributed by atoms with Crippen LogP contribution in [0.4, 0.5) is 0 Å². The van der Waals surface area contributed by atoms with E-state index in [-0.39, 0.29) is 12.0 Å². The van der Waals surface area contributed by atoms with Gasteiger partial charge in [-0.1, -0.05) is 0 Å². The Labute approximate surface area is 134 Å². The van der Waals surface area contributed by atoms with Crippen LogP contribution in [0.5, 0.6) is 11.5 Å². The second kappa shape index (κ2) is 7.71. The van der Waals surface area contributed by atoms with Gasteiger partial charge in [0.2, 0.25) is 0 Å². The molecule has 1 saturated heterocycles. The summed E-state index contributed by atoms with van der Waals surface area (Å²) in [7, 11) is 0. The van der Waals surface area contributed by atoms with E-state index in [4.69, 9.17) is 14.2 Å². The van der Waals surface area contributed by atoms with Crippen LogP contribution in [0.25, 0.3) is 0 Å². The second-order valence-electron chi connectivity index (χ2n) is 5.09. The summed E-state index contributed by atoms with van der Waals surface area (Å²) < 4.78 is 16.4. The van der Waals surface area contributed by atoms with Crippen molar-refractivity contribution in [2.24, 2.45) is 0 Å². The molecule has 0 radical (unpaired) electrons. The lowest BCUT2D eigenvalue weighted by atomic mass is 10.2. The zero-order valence-corrected chi connectivity index (χ0v) is 12.6. The minimum Gasteiger partial charge on any atom is -0.456 e. The van der Waals surface area contributed by atoms with Crippen LogP contribution in [0.1, 0.15) is 10.4 Å². The van der Waals surface area contributed by atoms with Crippen molar-refractivity contribution < 1.29 is 19.0 Å². The van der Waals surface area contributed by atoms with Crippen molar-refractivity contribution in [2.45, 2.75) is 6.10 Å². The van der Waals surface area contributed by atoms with E-state index in [9.17, 15) is 4.79 Å². The minimum atomic E-state index is -0.146. The first-order valence-corrected chi connectivity index (χ1v) is 7.47. The second-order valence-corrected chi connectivity index (χ2v) is 5.09. The Kier molecular flexibility index (Phi) is 5.18. The Balaban J connectivity index is 1.52. The number of nitrogens with zero attached hydrogens (tertiary/aromatic N) is 1. The minimum absolute atomic E-state index is 0.0825. The molecule has 1 atom stereocenters. The first kappa shape index (κ1) is 15.5. The molecule has 1 unspecified atom stereocenters. The standard InChI is InChI=1S/C17H18N2O4/c20-17(19-11-16-12-21-8-9-22-16)13-3-5-14(6-4-13)23-15-2-1-7-18-10-15/h1-7,10,16H,8-9,11-12H2,(H,19,20). The normalized spacial score (nSPS) is 17.5. The molecule has 1 aliphatic rings. The summed E-state index contributed by atoms with van der Waals surface area (Å²) in [6.45, 7) is 2.13. The molecule has 0 spiro atoms. The Morgan fingerprint density at radius 3 is 2.78 bits per heavy atom. The van der Waals surface area contributed by atoms with Crippen molar-refractivity contribution in [1.82, 2.24) is 10.3 Å². The number of aromatic nitrogens is 1. The molecule has 120 valence electrons. The summed E-state index contributed by atoms with van der Waals surface area (Å²) in [5.41, 5.74) is 0.570. The van der Waals surface area contributed by atoms with Gasteiger partial charge in [-0.25, -0.2) is 0 Å². The zero-order valence-electron chi connectivity index (χ0n) is 12.6. The van der Waals surface area contributed by atoms with Crippen molar-refractivity contribution >= 4 is 5.91 Å². The van der Waals surface area contributed by atoms with Crippen LogP contribution in [0, 0.1) is 0 Å². The molecule has 1 aromatic carbocycles. The van der Waals surface area contributed by atoms with Gasteiger partial charge in [0.15, 0.2) is 0 Å². The van der Waals surface area contributed by atoms with E-state index in [2.05, 4.69) is 10.3 Å². The molecule has 2 aromatic rings. The van der Waals surface area contributed by atoms with Gasteiger partial charge < -0.3 is 19.5 Å². The Morgan fingerprint density at radius 1 is 1.22 bits per heavy atom. The topological polar surface area (TPSA) is 69.7 Å². The van der Waals surface area contributed by atoms with Crippen LogP contribution >= 0.6 is 0 Å². The maximum atomic E-state index is 12.1. The van der Waals surface area contributed by atoms with Crippen LogP contribution < -0.4 is 10.1 Å². The lowest BCUT2D eigenvalue weighted by molar-refractivity contribution is -0.0855. The van der Waals surface area contributed by atoms with Gasteiger partial charge in [-0.3, -0.25) is 9.78 Å². The SMILES string of the molecule is O=C(NCC1COCCO1)c1ccc(Oc2cccnc2)cc1. The van der Waals surface area contributed by atoms with E-state index < -0.39 is 0 Å². The van der Waals surface area contributed by atoms with Gasteiger partial charge in [0.05, 0.1) is 32.1 Å². The number of benzene rings is 1. The third-order valence-corrected chi connectivity index (χ3v) is 3.36. The van der Waals surface area contributed by atoms with Crippen molar-refractivity contribution in [1.29, 1.82) is 0 Å². The molecule has 1 aromatic heterocycles. The van der Waals surface area contributed by atoms with Gasteiger partial charge in [0, 0.05) is 18.3 Å². The van der Waals surface area contributed by atoms with Gasteiger partial charge >= 0.3 is 0 Å². The fourth-order valence-corrected chi connectivity index (χ4v) is 2.18. The summed E-state index contributed by atoms with van der Waals surface area (Å²) in [5, 5.41) is 2.84. The molecular formula is C17H18N2O4. The number of amides is 1. The maximum Gasteiger partial charge on any atom is 0.251 e. The van der Waals surface area contributed by atoms with E-state index in [0.29, 0.717) is 43.4 Å². The van der Waals surface area contributed by atoms with E-state index >= 15 is 0 Å². The van der Waals surface area contributed by atoms with Crippen LogP contribution in [-0.4, -0.2) is 43.4 Å². The molecule has 1 aliphatic heterocycles. The van der Waals surface area contributed by atoms with E-state index in [1.807, 2.05) is 6.07 Å². The van der Waals surface area contributed by atoms with Gasteiger partial charge in [0.25, 0.3) is 5.91 Å². The Morgan fingerprint density at radius 2 is 2.09 bits per heavy atom. The molecule has 0 bridgehead atoms. The zero-order chi connectivity index (χ0) is 15.9. The molecule has 6 nitrogen and oxygen atoms in total. The highest BCUT2D eigenvalue weighted by molar-refractivity contribution is 5.94. The van der Waals surface area contributed by atoms with Crippen molar-refractivity contribution in [3.63, 3.8) is 0 Å². The monoisotopic (exact) mass is 314 g/mol. The first-order chi connectivity index (χ1) is 11.3. The summed E-state index contributed by atoms with van der Waals surface area (Å²) in [4.78, 5) is 16.1.